The van der Waals surface area contributed by atoms with Gasteiger partial charge in [-0.1, -0.05) is 43.4 Å². The highest BCUT2D eigenvalue weighted by Gasteiger charge is 2.27. The number of anilines is 1. The number of nitrogens with one attached hydrogen (secondary N) is 1. The van der Waals surface area contributed by atoms with Gasteiger partial charge in [0, 0.05) is 30.9 Å². The van der Waals surface area contributed by atoms with Crippen LogP contribution in [0.2, 0.25) is 0 Å². The van der Waals surface area contributed by atoms with Gasteiger partial charge >= 0.3 is 0 Å². The SMILES string of the molecule is O=C(Nc1nc2c(s1)CN(C(=O)CCC1CCCCC1)CC2)C1CCCO1. The average molecular weight is 392 g/mol. The van der Waals surface area contributed by atoms with Gasteiger partial charge in [0.2, 0.25) is 5.91 Å². The van der Waals surface area contributed by atoms with Gasteiger partial charge in [0.05, 0.1) is 12.2 Å². The van der Waals surface area contributed by atoms with Crippen LogP contribution >= 0.6 is 11.3 Å². The molecule has 1 aromatic heterocycles. The largest absolute Gasteiger partial charge is 0.368 e. The Morgan fingerprint density at radius 3 is 2.81 bits per heavy atom. The highest BCUT2D eigenvalue weighted by molar-refractivity contribution is 7.15. The number of hydrogen-bond donors (Lipinski definition) is 1. The van der Waals surface area contributed by atoms with Crippen LogP contribution in [-0.4, -0.2) is 41.0 Å². The molecular weight excluding hydrogens is 362 g/mol. The molecule has 1 unspecified atom stereocenters. The average Bonchev–Trinajstić information content (AvgIpc) is 3.35. The summed E-state index contributed by atoms with van der Waals surface area (Å²) in [6.07, 6.45) is 10.4. The summed E-state index contributed by atoms with van der Waals surface area (Å²) in [7, 11) is 0. The molecule has 1 atom stereocenters. The molecule has 1 aliphatic carbocycles. The van der Waals surface area contributed by atoms with E-state index in [0.29, 0.717) is 24.7 Å². The third kappa shape index (κ3) is 4.69. The van der Waals surface area contributed by atoms with Crippen LogP contribution in [0.5, 0.6) is 0 Å². The Bertz CT molecular complexity index is 678. The zero-order chi connectivity index (χ0) is 18.6. The highest BCUT2D eigenvalue weighted by Crippen LogP contribution is 2.31. The fraction of sp³-hybridized carbons (Fsp3) is 0.750. The normalized spacial score (nSPS) is 23.3. The van der Waals surface area contributed by atoms with E-state index in [4.69, 9.17) is 4.74 Å². The number of nitrogens with zero attached hydrogens (tertiary/aromatic N) is 2. The summed E-state index contributed by atoms with van der Waals surface area (Å²) < 4.78 is 5.43. The molecule has 1 N–H and O–H groups in total. The summed E-state index contributed by atoms with van der Waals surface area (Å²) in [5, 5.41) is 3.53. The molecule has 4 rings (SSSR count). The standard InChI is InChI=1S/C20H29N3O3S/c24-18(9-8-14-5-2-1-3-6-14)23-11-10-15-17(13-23)27-20(21-15)22-19(25)16-7-4-12-26-16/h14,16H,1-13H2,(H,21,22,25). The van der Waals surface area contributed by atoms with E-state index in [-0.39, 0.29) is 17.9 Å². The molecule has 0 aromatic carbocycles. The van der Waals surface area contributed by atoms with Crippen molar-refractivity contribution in [2.24, 2.45) is 5.92 Å². The molecule has 27 heavy (non-hydrogen) atoms. The first kappa shape index (κ1) is 18.9. The van der Waals surface area contributed by atoms with Crippen molar-refractivity contribution in [2.45, 2.75) is 76.9 Å². The Morgan fingerprint density at radius 2 is 2.04 bits per heavy atom. The fourth-order valence-electron chi connectivity index (χ4n) is 4.39. The zero-order valence-corrected chi connectivity index (χ0v) is 16.7. The first-order chi connectivity index (χ1) is 13.2. The Balaban J connectivity index is 1.29. The maximum Gasteiger partial charge on any atom is 0.255 e. The number of carbonyl (C=O) groups excluding carboxylic acids is 2. The molecule has 2 fully saturated rings. The molecule has 7 heteroatoms. The van der Waals surface area contributed by atoms with E-state index in [9.17, 15) is 9.59 Å². The van der Waals surface area contributed by atoms with Gasteiger partial charge in [-0.25, -0.2) is 4.98 Å². The first-order valence-corrected chi connectivity index (χ1v) is 11.2. The van der Waals surface area contributed by atoms with Crippen molar-refractivity contribution in [1.29, 1.82) is 0 Å². The van der Waals surface area contributed by atoms with Gasteiger partial charge < -0.3 is 9.64 Å². The Morgan fingerprint density at radius 1 is 1.19 bits per heavy atom. The summed E-state index contributed by atoms with van der Waals surface area (Å²) >= 11 is 1.50. The first-order valence-electron chi connectivity index (χ1n) is 10.4. The lowest BCUT2D eigenvalue weighted by Crippen LogP contribution is -2.35. The molecule has 1 saturated heterocycles. The van der Waals surface area contributed by atoms with Crippen molar-refractivity contribution in [2.75, 3.05) is 18.5 Å². The van der Waals surface area contributed by atoms with Crippen LogP contribution in [0.15, 0.2) is 0 Å². The van der Waals surface area contributed by atoms with E-state index in [0.717, 1.165) is 48.7 Å². The molecule has 0 bridgehead atoms. The quantitative estimate of drug-likeness (QED) is 0.834. The van der Waals surface area contributed by atoms with Gasteiger partial charge in [-0.05, 0) is 25.2 Å². The molecule has 3 heterocycles. The Kier molecular flexibility index (Phi) is 6.08. The van der Waals surface area contributed by atoms with Gasteiger partial charge in [0.25, 0.3) is 5.91 Å². The second kappa shape index (κ2) is 8.69. The number of carbonyl (C=O) groups is 2. The monoisotopic (exact) mass is 391 g/mol. The molecule has 3 aliphatic rings. The van der Waals surface area contributed by atoms with E-state index in [1.54, 1.807) is 0 Å². The van der Waals surface area contributed by atoms with Crippen LogP contribution in [0.1, 0.15) is 68.4 Å². The number of hydrogen-bond acceptors (Lipinski definition) is 5. The number of rotatable bonds is 5. The third-order valence-electron chi connectivity index (χ3n) is 6.03. The van der Waals surface area contributed by atoms with Crippen molar-refractivity contribution >= 4 is 28.3 Å². The maximum atomic E-state index is 12.6. The lowest BCUT2D eigenvalue weighted by atomic mass is 9.86. The van der Waals surface area contributed by atoms with Crippen LogP contribution < -0.4 is 5.32 Å². The van der Waals surface area contributed by atoms with Gasteiger partial charge in [0.15, 0.2) is 5.13 Å². The number of aromatic nitrogens is 1. The highest BCUT2D eigenvalue weighted by atomic mass is 32.1. The molecular formula is C20H29N3O3S. The zero-order valence-electron chi connectivity index (χ0n) is 15.9. The van der Waals surface area contributed by atoms with Crippen molar-refractivity contribution in [1.82, 2.24) is 9.88 Å². The lowest BCUT2D eigenvalue weighted by molar-refractivity contribution is -0.132. The second-order valence-corrected chi connectivity index (χ2v) is 9.07. The topological polar surface area (TPSA) is 71.5 Å². The number of ether oxygens (including phenoxy) is 1. The summed E-state index contributed by atoms with van der Waals surface area (Å²) in [4.78, 5) is 32.5. The van der Waals surface area contributed by atoms with E-state index < -0.39 is 0 Å². The van der Waals surface area contributed by atoms with Gasteiger partial charge in [-0.3, -0.25) is 14.9 Å². The van der Waals surface area contributed by atoms with Crippen LogP contribution in [0.3, 0.4) is 0 Å². The predicted octanol–water partition coefficient (Wildman–Crippen LogP) is 3.51. The van der Waals surface area contributed by atoms with E-state index in [1.807, 2.05) is 4.90 Å². The number of amides is 2. The summed E-state index contributed by atoms with van der Waals surface area (Å²) in [5.41, 5.74) is 1.03. The van der Waals surface area contributed by atoms with Gasteiger partial charge in [-0.2, -0.15) is 0 Å². The molecule has 0 radical (unpaired) electrons. The van der Waals surface area contributed by atoms with E-state index in [1.165, 1.54) is 43.4 Å². The van der Waals surface area contributed by atoms with Crippen molar-refractivity contribution in [3.05, 3.63) is 10.6 Å². The molecule has 148 valence electrons. The van der Waals surface area contributed by atoms with Crippen molar-refractivity contribution < 1.29 is 14.3 Å². The van der Waals surface area contributed by atoms with Crippen LogP contribution in [0, 0.1) is 5.92 Å². The maximum absolute atomic E-state index is 12.6. The lowest BCUT2D eigenvalue weighted by Gasteiger charge is -2.27. The third-order valence-corrected chi connectivity index (χ3v) is 7.03. The van der Waals surface area contributed by atoms with Gasteiger partial charge in [0.1, 0.15) is 6.10 Å². The summed E-state index contributed by atoms with van der Waals surface area (Å²) in [6, 6.07) is 0. The van der Waals surface area contributed by atoms with Crippen molar-refractivity contribution in [3.8, 4) is 0 Å². The molecule has 2 amide bonds. The molecule has 1 aromatic rings. The van der Waals surface area contributed by atoms with Crippen molar-refractivity contribution in [3.63, 3.8) is 0 Å². The molecule has 1 saturated carbocycles. The minimum absolute atomic E-state index is 0.0981. The Hall–Kier alpha value is -1.47. The van der Waals surface area contributed by atoms with Gasteiger partial charge in [-0.15, -0.1) is 0 Å². The minimum atomic E-state index is -0.344. The molecule has 6 nitrogen and oxygen atoms in total. The second-order valence-electron chi connectivity index (χ2n) is 7.99. The number of thiazole rings is 1. The number of fused-ring (bicyclic) bond motifs is 1. The fourth-order valence-corrected chi connectivity index (χ4v) is 5.42. The molecule has 0 spiro atoms. The smallest absolute Gasteiger partial charge is 0.255 e. The van der Waals surface area contributed by atoms with Crippen LogP contribution in [0.25, 0.3) is 0 Å². The summed E-state index contributed by atoms with van der Waals surface area (Å²) in [5.74, 6) is 0.912. The molecule has 2 aliphatic heterocycles. The van der Waals surface area contributed by atoms with Crippen LogP contribution in [-0.2, 0) is 27.3 Å². The Labute approximate surface area is 164 Å². The van der Waals surface area contributed by atoms with E-state index in [2.05, 4.69) is 10.3 Å². The summed E-state index contributed by atoms with van der Waals surface area (Å²) in [6.45, 7) is 2.02. The van der Waals surface area contributed by atoms with E-state index >= 15 is 0 Å². The van der Waals surface area contributed by atoms with Crippen LogP contribution in [0.4, 0.5) is 5.13 Å². The minimum Gasteiger partial charge on any atom is -0.368 e. The predicted molar refractivity (Wildman–Crippen MR) is 105 cm³/mol.